The van der Waals surface area contributed by atoms with Crippen LogP contribution in [-0.4, -0.2) is 53.3 Å². The van der Waals surface area contributed by atoms with E-state index in [1.165, 1.54) is 12.8 Å². The molecule has 2 aromatic rings. The summed E-state index contributed by atoms with van der Waals surface area (Å²) in [5, 5.41) is 19.4. The minimum atomic E-state index is -0.0337. The molecule has 0 unspecified atom stereocenters. The highest BCUT2D eigenvalue weighted by Gasteiger charge is 2.29. The van der Waals surface area contributed by atoms with Crippen molar-refractivity contribution in [2.24, 2.45) is 0 Å². The molecule has 2 aliphatic heterocycles. The van der Waals surface area contributed by atoms with Crippen LogP contribution >= 0.6 is 0 Å². The van der Waals surface area contributed by atoms with Gasteiger partial charge >= 0.3 is 6.03 Å². The van der Waals surface area contributed by atoms with Crippen LogP contribution in [0.15, 0.2) is 12.4 Å². The zero-order valence-electron chi connectivity index (χ0n) is 14.3. The Morgan fingerprint density at radius 2 is 2.16 bits per heavy atom. The van der Waals surface area contributed by atoms with E-state index in [1.54, 1.807) is 10.9 Å². The Morgan fingerprint density at radius 3 is 3.04 bits per heavy atom. The van der Waals surface area contributed by atoms with Gasteiger partial charge in [0.25, 0.3) is 0 Å². The van der Waals surface area contributed by atoms with Crippen molar-refractivity contribution in [3.8, 4) is 0 Å². The highest BCUT2D eigenvalue weighted by atomic mass is 16.2. The van der Waals surface area contributed by atoms with Crippen molar-refractivity contribution in [1.29, 1.82) is 0 Å². The van der Waals surface area contributed by atoms with Gasteiger partial charge in [-0.25, -0.2) is 4.79 Å². The summed E-state index contributed by atoms with van der Waals surface area (Å²) in [5.41, 5.74) is 0. The number of hydrogen-bond acceptors (Lipinski definition) is 5. The lowest BCUT2D eigenvalue weighted by Crippen LogP contribution is -2.44. The first-order valence-corrected chi connectivity index (χ1v) is 9.11. The van der Waals surface area contributed by atoms with E-state index >= 15 is 0 Å². The second kappa shape index (κ2) is 7.20. The standard InChI is InChI=1S/C16H24N8O/c25-16(23-9-4-5-13(23)12-22-10-7-18-21-22)17-11-15-20-19-14-6-2-1-3-8-24(14)15/h7,10,13H,1-6,8-9,11-12H2,(H,17,25)/t13-/m0/s1. The Morgan fingerprint density at radius 1 is 1.20 bits per heavy atom. The molecule has 1 atom stereocenters. The summed E-state index contributed by atoms with van der Waals surface area (Å²) in [4.78, 5) is 14.5. The Kier molecular flexibility index (Phi) is 4.62. The first-order chi connectivity index (χ1) is 12.3. The molecule has 134 valence electrons. The van der Waals surface area contributed by atoms with E-state index < -0.39 is 0 Å². The van der Waals surface area contributed by atoms with Crippen LogP contribution in [0.3, 0.4) is 0 Å². The van der Waals surface area contributed by atoms with Gasteiger partial charge in [0.05, 0.1) is 25.3 Å². The molecule has 0 aromatic carbocycles. The average molecular weight is 344 g/mol. The van der Waals surface area contributed by atoms with E-state index in [1.807, 2.05) is 11.1 Å². The van der Waals surface area contributed by atoms with Crippen molar-refractivity contribution < 1.29 is 4.79 Å². The van der Waals surface area contributed by atoms with Crippen LogP contribution < -0.4 is 5.32 Å². The predicted molar refractivity (Wildman–Crippen MR) is 89.6 cm³/mol. The number of amides is 2. The van der Waals surface area contributed by atoms with Crippen LogP contribution in [0.2, 0.25) is 0 Å². The van der Waals surface area contributed by atoms with E-state index in [9.17, 15) is 4.79 Å². The fourth-order valence-corrected chi connectivity index (χ4v) is 3.77. The number of carbonyl (C=O) groups excluding carboxylic acids is 1. The maximum atomic E-state index is 12.6. The van der Waals surface area contributed by atoms with E-state index in [0.29, 0.717) is 13.1 Å². The average Bonchev–Trinajstić information content (AvgIpc) is 3.33. The third-order valence-corrected chi connectivity index (χ3v) is 5.09. The SMILES string of the molecule is O=C(NCc1nnc2n1CCCCC2)N1CCC[C@H]1Cn1ccnn1. The quantitative estimate of drug-likeness (QED) is 0.892. The third-order valence-electron chi connectivity index (χ3n) is 5.09. The maximum Gasteiger partial charge on any atom is 0.318 e. The third kappa shape index (κ3) is 3.49. The van der Waals surface area contributed by atoms with Crippen LogP contribution in [-0.2, 0) is 26.1 Å². The number of likely N-dealkylation sites (tertiary alicyclic amines) is 1. The zero-order chi connectivity index (χ0) is 17.1. The van der Waals surface area contributed by atoms with Gasteiger partial charge in [-0.15, -0.1) is 15.3 Å². The largest absolute Gasteiger partial charge is 0.331 e. The summed E-state index contributed by atoms with van der Waals surface area (Å²) >= 11 is 0. The molecule has 0 radical (unpaired) electrons. The summed E-state index contributed by atoms with van der Waals surface area (Å²) in [6, 6.07) is 0.130. The normalized spacial score (nSPS) is 20.3. The predicted octanol–water partition coefficient (Wildman–Crippen LogP) is 0.970. The molecular formula is C16H24N8O. The van der Waals surface area contributed by atoms with Crippen LogP contribution in [0.5, 0.6) is 0 Å². The number of rotatable bonds is 4. The van der Waals surface area contributed by atoms with Crippen molar-refractivity contribution in [3.63, 3.8) is 0 Å². The Bertz CT molecular complexity index is 710. The smallest absolute Gasteiger partial charge is 0.318 e. The Balaban J connectivity index is 1.36. The number of fused-ring (bicyclic) bond motifs is 1. The molecule has 1 saturated heterocycles. The second-order valence-corrected chi connectivity index (χ2v) is 6.77. The topological polar surface area (TPSA) is 93.8 Å². The van der Waals surface area contributed by atoms with Gasteiger partial charge in [-0.3, -0.25) is 4.68 Å². The first-order valence-electron chi connectivity index (χ1n) is 9.11. The summed E-state index contributed by atoms with van der Waals surface area (Å²) < 4.78 is 3.96. The van der Waals surface area contributed by atoms with Gasteiger partial charge in [0.2, 0.25) is 0 Å². The minimum absolute atomic E-state index is 0.0337. The number of hydrogen-bond donors (Lipinski definition) is 1. The molecule has 9 heteroatoms. The molecule has 25 heavy (non-hydrogen) atoms. The van der Waals surface area contributed by atoms with Crippen LogP contribution in [0.25, 0.3) is 0 Å². The highest BCUT2D eigenvalue weighted by molar-refractivity contribution is 5.74. The molecule has 4 rings (SSSR count). The molecule has 0 bridgehead atoms. The summed E-state index contributed by atoms with van der Waals surface area (Å²) in [6.45, 7) is 2.85. The number of carbonyl (C=O) groups is 1. The molecule has 2 amide bonds. The lowest BCUT2D eigenvalue weighted by Gasteiger charge is -2.24. The van der Waals surface area contributed by atoms with Crippen molar-refractivity contribution in [2.45, 2.75) is 64.2 Å². The fourth-order valence-electron chi connectivity index (χ4n) is 3.77. The monoisotopic (exact) mass is 344 g/mol. The van der Waals surface area contributed by atoms with E-state index in [-0.39, 0.29) is 12.1 Å². The second-order valence-electron chi connectivity index (χ2n) is 6.77. The first kappa shape index (κ1) is 16.0. The van der Waals surface area contributed by atoms with Gasteiger partial charge in [-0.2, -0.15) is 0 Å². The summed E-state index contributed by atoms with van der Waals surface area (Å²) in [5.74, 6) is 1.91. The zero-order valence-corrected chi connectivity index (χ0v) is 14.3. The van der Waals surface area contributed by atoms with Gasteiger partial charge in [-0.1, -0.05) is 11.6 Å². The fraction of sp³-hybridized carbons (Fsp3) is 0.688. The molecular weight excluding hydrogens is 320 g/mol. The van der Waals surface area contributed by atoms with Gasteiger partial charge in [0.1, 0.15) is 5.82 Å². The van der Waals surface area contributed by atoms with Gasteiger partial charge < -0.3 is 14.8 Å². The van der Waals surface area contributed by atoms with Crippen LogP contribution in [0.4, 0.5) is 4.79 Å². The molecule has 2 aliphatic rings. The molecule has 0 aliphatic carbocycles. The van der Waals surface area contributed by atoms with E-state index in [0.717, 1.165) is 50.4 Å². The number of urea groups is 1. The molecule has 1 fully saturated rings. The van der Waals surface area contributed by atoms with Gasteiger partial charge in [0.15, 0.2) is 5.82 Å². The molecule has 0 spiro atoms. The van der Waals surface area contributed by atoms with Crippen LogP contribution in [0, 0.1) is 0 Å². The summed E-state index contributed by atoms with van der Waals surface area (Å²) in [6.07, 6.45) is 10.0. The minimum Gasteiger partial charge on any atom is -0.331 e. The molecule has 2 aromatic heterocycles. The van der Waals surface area contributed by atoms with Crippen LogP contribution in [0.1, 0.15) is 43.8 Å². The number of aromatic nitrogens is 6. The van der Waals surface area contributed by atoms with Crippen molar-refractivity contribution in [3.05, 3.63) is 24.0 Å². The molecule has 1 N–H and O–H groups in total. The number of nitrogens with one attached hydrogen (secondary N) is 1. The molecule has 9 nitrogen and oxygen atoms in total. The van der Waals surface area contributed by atoms with E-state index in [2.05, 4.69) is 30.4 Å². The van der Waals surface area contributed by atoms with E-state index in [4.69, 9.17) is 0 Å². The molecule has 4 heterocycles. The van der Waals surface area contributed by atoms with Crippen molar-refractivity contribution in [2.75, 3.05) is 6.54 Å². The maximum absolute atomic E-state index is 12.6. The van der Waals surface area contributed by atoms with Crippen molar-refractivity contribution in [1.82, 2.24) is 40.0 Å². The summed E-state index contributed by atoms with van der Waals surface area (Å²) in [7, 11) is 0. The van der Waals surface area contributed by atoms with Crippen molar-refractivity contribution >= 4 is 6.03 Å². The molecule has 0 saturated carbocycles. The number of aryl methyl sites for hydroxylation is 1. The lowest BCUT2D eigenvalue weighted by molar-refractivity contribution is 0.185. The van der Waals surface area contributed by atoms with Gasteiger partial charge in [-0.05, 0) is 25.7 Å². The highest BCUT2D eigenvalue weighted by Crippen LogP contribution is 2.19. The number of nitrogens with zero attached hydrogens (tertiary/aromatic N) is 7. The lowest BCUT2D eigenvalue weighted by atomic mass is 10.2. The Labute approximate surface area is 146 Å². The van der Waals surface area contributed by atoms with Gasteiger partial charge in [0, 0.05) is 25.7 Å². The Hall–Kier alpha value is -2.45.